The van der Waals surface area contributed by atoms with E-state index in [1.54, 1.807) is 24.3 Å². The van der Waals surface area contributed by atoms with Crippen LogP contribution in [0.2, 0.25) is 0 Å². The monoisotopic (exact) mass is 421 g/mol. The van der Waals surface area contributed by atoms with Crippen LogP contribution in [-0.4, -0.2) is 20.8 Å². The molecule has 0 fully saturated rings. The number of carbonyl (C=O) groups is 1. The third-order valence-corrected chi connectivity index (χ3v) is 3.91. The number of halogens is 3. The van der Waals surface area contributed by atoms with Crippen LogP contribution in [-0.2, 0) is 0 Å². The Morgan fingerprint density at radius 2 is 1.81 bits per heavy atom. The molecule has 132 valence electrons. The van der Waals surface area contributed by atoms with Gasteiger partial charge in [-0.2, -0.15) is 9.78 Å². The molecule has 26 heavy (non-hydrogen) atoms. The number of hydrogen-bond donors (Lipinski definition) is 2. The van der Waals surface area contributed by atoms with Crippen molar-refractivity contribution in [3.05, 3.63) is 80.7 Å². The third-order valence-electron chi connectivity index (χ3n) is 3.38. The molecule has 0 atom stereocenters. The molecule has 0 bridgehead atoms. The van der Waals surface area contributed by atoms with Crippen LogP contribution in [0, 0.1) is 11.6 Å². The number of aromatic nitrogens is 2. The average Bonchev–Trinajstić information content (AvgIpc) is 2.58. The number of nitrogens with zero attached hydrogens (tertiary/aromatic N) is 2. The molecule has 0 radical (unpaired) electrons. The van der Waals surface area contributed by atoms with E-state index >= 15 is 0 Å². The summed E-state index contributed by atoms with van der Waals surface area (Å²) in [5.74, 6) is -3.41. The van der Waals surface area contributed by atoms with E-state index in [-0.39, 0.29) is 5.69 Å². The van der Waals surface area contributed by atoms with Crippen molar-refractivity contribution in [3.63, 3.8) is 0 Å². The van der Waals surface area contributed by atoms with Crippen LogP contribution in [0.4, 0.5) is 14.5 Å². The molecule has 2 N–H and O–H groups in total. The van der Waals surface area contributed by atoms with Crippen molar-refractivity contribution < 1.29 is 18.7 Å². The van der Waals surface area contributed by atoms with Crippen LogP contribution in [0.1, 0.15) is 10.5 Å². The largest absolute Gasteiger partial charge is 0.505 e. The summed E-state index contributed by atoms with van der Waals surface area (Å²) in [7, 11) is 0. The van der Waals surface area contributed by atoms with E-state index < -0.39 is 34.5 Å². The van der Waals surface area contributed by atoms with Gasteiger partial charge in [0.2, 0.25) is 0 Å². The Kier molecular flexibility index (Phi) is 4.81. The second-order valence-electron chi connectivity index (χ2n) is 5.18. The molecule has 0 unspecified atom stereocenters. The fraction of sp³-hybridized carbons (Fsp3) is 0. The second-order valence-corrected chi connectivity index (χ2v) is 6.10. The lowest BCUT2D eigenvalue weighted by atomic mass is 10.2. The number of hydrogen-bond acceptors (Lipinski definition) is 4. The van der Waals surface area contributed by atoms with E-state index in [2.05, 4.69) is 26.3 Å². The summed E-state index contributed by atoms with van der Waals surface area (Å²) < 4.78 is 28.3. The number of rotatable bonds is 3. The first-order valence-corrected chi connectivity index (χ1v) is 8.00. The van der Waals surface area contributed by atoms with Gasteiger partial charge in [-0.05, 0) is 36.4 Å². The van der Waals surface area contributed by atoms with Crippen LogP contribution >= 0.6 is 15.9 Å². The summed E-state index contributed by atoms with van der Waals surface area (Å²) in [6.45, 7) is 0. The zero-order valence-electron chi connectivity index (χ0n) is 12.9. The molecule has 0 spiro atoms. The van der Waals surface area contributed by atoms with Crippen molar-refractivity contribution in [2.24, 2.45) is 0 Å². The van der Waals surface area contributed by atoms with Crippen molar-refractivity contribution in [1.29, 1.82) is 0 Å². The maximum Gasteiger partial charge on any atom is 0.280 e. The van der Waals surface area contributed by atoms with Crippen molar-refractivity contribution >= 4 is 27.5 Å². The van der Waals surface area contributed by atoms with Gasteiger partial charge in [0.1, 0.15) is 11.6 Å². The van der Waals surface area contributed by atoms with Gasteiger partial charge in [-0.25, -0.2) is 8.78 Å². The minimum absolute atomic E-state index is 0.293. The Bertz CT molecular complexity index is 1050. The number of anilines is 1. The minimum Gasteiger partial charge on any atom is -0.505 e. The third kappa shape index (κ3) is 3.62. The topological polar surface area (TPSA) is 84.2 Å². The maximum absolute atomic E-state index is 13.7. The normalized spacial score (nSPS) is 10.6. The van der Waals surface area contributed by atoms with E-state index in [1.165, 1.54) is 0 Å². The van der Waals surface area contributed by atoms with Gasteiger partial charge in [0.05, 0.1) is 11.4 Å². The standard InChI is InChI=1S/C17H10BrF2N3O3/c18-9-1-4-11(5-2-9)23-15(25)8-14(24)16(22-23)17(26)21-13-6-3-10(19)7-12(13)20/h1-8,24H,(H,21,26). The molecule has 6 nitrogen and oxygen atoms in total. The molecular formula is C17H10BrF2N3O3. The fourth-order valence-corrected chi connectivity index (χ4v) is 2.41. The molecule has 1 aromatic heterocycles. The van der Waals surface area contributed by atoms with Crippen LogP contribution in [0.5, 0.6) is 5.75 Å². The average molecular weight is 422 g/mol. The predicted molar refractivity (Wildman–Crippen MR) is 93.5 cm³/mol. The molecule has 3 rings (SSSR count). The Morgan fingerprint density at radius 1 is 1.12 bits per heavy atom. The maximum atomic E-state index is 13.7. The first kappa shape index (κ1) is 17.7. The SMILES string of the molecule is O=C(Nc1ccc(F)cc1F)c1nn(-c2ccc(Br)cc2)c(=O)cc1O. The summed E-state index contributed by atoms with van der Waals surface area (Å²) >= 11 is 3.26. The lowest BCUT2D eigenvalue weighted by Crippen LogP contribution is -2.25. The molecular weight excluding hydrogens is 412 g/mol. The lowest BCUT2D eigenvalue weighted by molar-refractivity contribution is 0.101. The number of aromatic hydroxyl groups is 1. The van der Waals surface area contributed by atoms with E-state index in [1.807, 2.05) is 0 Å². The molecule has 0 saturated carbocycles. The van der Waals surface area contributed by atoms with Gasteiger partial charge < -0.3 is 10.4 Å². The Labute approximate surface area is 153 Å². The molecule has 0 aliphatic rings. The van der Waals surface area contributed by atoms with Gasteiger partial charge >= 0.3 is 0 Å². The van der Waals surface area contributed by atoms with E-state index in [9.17, 15) is 23.5 Å². The van der Waals surface area contributed by atoms with Gasteiger partial charge in [0, 0.05) is 16.6 Å². The van der Waals surface area contributed by atoms with Crippen molar-refractivity contribution in [2.45, 2.75) is 0 Å². The highest BCUT2D eigenvalue weighted by Crippen LogP contribution is 2.19. The van der Waals surface area contributed by atoms with Gasteiger partial charge in [-0.1, -0.05) is 15.9 Å². The highest BCUT2D eigenvalue weighted by molar-refractivity contribution is 9.10. The zero-order chi connectivity index (χ0) is 18.8. The van der Waals surface area contributed by atoms with Crippen molar-refractivity contribution in [2.75, 3.05) is 5.32 Å². The Morgan fingerprint density at radius 3 is 2.46 bits per heavy atom. The number of benzene rings is 2. The Balaban J connectivity index is 1.99. The molecule has 0 saturated heterocycles. The van der Waals surface area contributed by atoms with Gasteiger partial charge in [-0.15, -0.1) is 0 Å². The van der Waals surface area contributed by atoms with Crippen molar-refractivity contribution in [3.8, 4) is 11.4 Å². The van der Waals surface area contributed by atoms with Crippen LogP contribution < -0.4 is 10.9 Å². The molecule has 2 aromatic carbocycles. The first-order chi connectivity index (χ1) is 12.3. The smallest absolute Gasteiger partial charge is 0.280 e. The molecule has 3 aromatic rings. The van der Waals surface area contributed by atoms with Gasteiger partial charge in [0.25, 0.3) is 11.5 Å². The van der Waals surface area contributed by atoms with Gasteiger partial charge in [-0.3, -0.25) is 9.59 Å². The number of amides is 1. The molecule has 1 amide bonds. The van der Waals surface area contributed by atoms with Crippen LogP contribution in [0.3, 0.4) is 0 Å². The van der Waals surface area contributed by atoms with Gasteiger partial charge in [0.15, 0.2) is 11.4 Å². The van der Waals surface area contributed by atoms with E-state index in [0.717, 1.165) is 27.4 Å². The molecule has 9 heteroatoms. The molecule has 0 aliphatic carbocycles. The highest BCUT2D eigenvalue weighted by atomic mass is 79.9. The van der Waals surface area contributed by atoms with E-state index in [4.69, 9.17) is 0 Å². The van der Waals surface area contributed by atoms with Crippen molar-refractivity contribution in [1.82, 2.24) is 9.78 Å². The number of nitrogens with one attached hydrogen (secondary N) is 1. The predicted octanol–water partition coefficient (Wildman–Crippen LogP) is 3.23. The van der Waals surface area contributed by atoms with Crippen LogP contribution in [0.15, 0.2) is 57.8 Å². The van der Waals surface area contributed by atoms with E-state index in [0.29, 0.717) is 11.8 Å². The highest BCUT2D eigenvalue weighted by Gasteiger charge is 2.18. The lowest BCUT2D eigenvalue weighted by Gasteiger charge is -2.10. The Hall–Kier alpha value is -3.07. The second kappa shape index (κ2) is 7.04. The molecule has 1 heterocycles. The molecule has 0 aliphatic heterocycles. The quantitative estimate of drug-likeness (QED) is 0.679. The summed E-state index contributed by atoms with van der Waals surface area (Å²) in [6, 6.07) is 9.93. The zero-order valence-corrected chi connectivity index (χ0v) is 14.5. The first-order valence-electron chi connectivity index (χ1n) is 7.21. The summed E-state index contributed by atoms with van der Waals surface area (Å²) in [4.78, 5) is 24.3. The summed E-state index contributed by atoms with van der Waals surface area (Å²) in [5, 5.41) is 15.9. The number of carbonyl (C=O) groups excluding carboxylic acids is 1. The van der Waals surface area contributed by atoms with Crippen LogP contribution in [0.25, 0.3) is 5.69 Å². The fourth-order valence-electron chi connectivity index (χ4n) is 2.15. The summed E-state index contributed by atoms with van der Waals surface area (Å²) in [6.07, 6.45) is 0. The minimum atomic E-state index is -0.987. The summed E-state index contributed by atoms with van der Waals surface area (Å²) in [5.41, 5.74) is -1.08.